The van der Waals surface area contributed by atoms with Crippen LogP contribution >= 0.6 is 0 Å². The summed E-state index contributed by atoms with van der Waals surface area (Å²) in [5.41, 5.74) is 1.55. The Morgan fingerprint density at radius 3 is 1.68 bits per heavy atom. The van der Waals surface area contributed by atoms with Crippen LogP contribution in [0, 0.1) is 32.1 Å². The second kappa shape index (κ2) is 11.3. The average molecular weight is 472 g/mol. The largest absolute Gasteiger partial charge is 0.396 e. The molecule has 0 aromatic heterocycles. The lowest BCUT2D eigenvalue weighted by Crippen LogP contribution is -2.33. The molecule has 4 unspecified atom stereocenters. The lowest BCUT2D eigenvalue weighted by atomic mass is 9.87. The van der Waals surface area contributed by atoms with Gasteiger partial charge in [-0.1, -0.05) is 60.7 Å². The highest BCUT2D eigenvalue weighted by molar-refractivity contribution is 5.57. The molecule has 34 heavy (non-hydrogen) atoms. The van der Waals surface area contributed by atoms with Crippen molar-refractivity contribution in [1.82, 2.24) is 0 Å². The maximum atomic E-state index is 11.0. The highest BCUT2D eigenvalue weighted by atomic mass is 16.6. The van der Waals surface area contributed by atoms with Crippen LogP contribution in [0.25, 0.3) is 0 Å². The van der Waals surface area contributed by atoms with E-state index in [0.29, 0.717) is 6.29 Å². The number of carbonyl (C=O) groups excluding carboxylic acids is 1. The van der Waals surface area contributed by atoms with Crippen molar-refractivity contribution in [2.24, 2.45) is 11.8 Å². The molecular weight excluding hydrogens is 444 g/mol. The van der Waals surface area contributed by atoms with E-state index >= 15 is 0 Å². The molecule has 0 saturated heterocycles. The molecule has 2 aliphatic carbocycles. The van der Waals surface area contributed by atoms with Gasteiger partial charge in [-0.2, -0.15) is 0 Å². The average Bonchev–Trinajstić information content (AvgIpc) is 3.36. The van der Waals surface area contributed by atoms with Crippen molar-refractivity contribution < 1.29 is 30.0 Å². The lowest BCUT2D eigenvalue weighted by Gasteiger charge is -2.19. The number of benzene rings is 2. The Balaban J connectivity index is 0.000000191. The molecule has 0 amide bonds. The van der Waals surface area contributed by atoms with E-state index in [1.165, 1.54) is 0 Å². The summed E-state index contributed by atoms with van der Waals surface area (Å²) in [6, 6.07) is 15.8. The second-order valence-electron chi connectivity index (χ2n) is 8.77. The molecule has 2 aliphatic rings. The molecule has 182 valence electrons. The Morgan fingerprint density at radius 1 is 0.794 bits per heavy atom. The Hall–Kier alpha value is -3.21. The Morgan fingerprint density at radius 2 is 1.24 bits per heavy atom. The number of aliphatic hydroxyl groups is 3. The van der Waals surface area contributed by atoms with E-state index in [4.69, 9.17) is 0 Å². The first-order valence-electron chi connectivity index (χ1n) is 11.1. The first-order chi connectivity index (χ1) is 16.3. The number of rotatable bonds is 6. The van der Waals surface area contributed by atoms with Gasteiger partial charge in [0.25, 0.3) is 0 Å². The van der Waals surface area contributed by atoms with E-state index in [2.05, 4.69) is 0 Å². The fourth-order valence-electron chi connectivity index (χ4n) is 5.31. The highest BCUT2D eigenvalue weighted by Gasteiger charge is 2.51. The van der Waals surface area contributed by atoms with Crippen LogP contribution < -0.4 is 0 Å². The number of aliphatic hydroxyl groups excluding tert-OH is 3. The summed E-state index contributed by atoms with van der Waals surface area (Å²) in [4.78, 5) is 32.1. The number of carbonyl (C=O) groups is 1. The third-order valence-corrected chi connectivity index (χ3v) is 6.82. The van der Waals surface area contributed by atoms with Crippen molar-refractivity contribution in [3.05, 3.63) is 92.0 Å². The molecule has 2 aromatic carbocycles. The molecule has 0 radical (unpaired) electrons. The molecular formula is C24H28N2O8. The first kappa shape index (κ1) is 25.4. The third-order valence-electron chi connectivity index (χ3n) is 6.82. The quantitative estimate of drug-likeness (QED) is 0.325. The predicted octanol–water partition coefficient (Wildman–Crippen LogP) is 1.78. The van der Waals surface area contributed by atoms with Gasteiger partial charge in [0, 0.05) is 22.4 Å². The molecule has 4 rings (SSSR count). The summed E-state index contributed by atoms with van der Waals surface area (Å²) in [6.45, 7) is -0.138. The fraction of sp³-hybridized carbons (Fsp3) is 0.458. The number of hydrogen-bond donors (Lipinski definition) is 3. The van der Waals surface area contributed by atoms with Gasteiger partial charge in [0.05, 0.1) is 11.8 Å². The van der Waals surface area contributed by atoms with E-state index in [9.17, 15) is 40.3 Å². The van der Waals surface area contributed by atoms with Gasteiger partial charge in [-0.15, -0.1) is 0 Å². The molecule has 0 aliphatic heterocycles. The fourth-order valence-corrected chi connectivity index (χ4v) is 5.31. The molecule has 3 N–H and O–H groups in total. The minimum Gasteiger partial charge on any atom is -0.396 e. The molecule has 0 heterocycles. The molecule has 8 atom stereocenters. The van der Waals surface area contributed by atoms with Crippen molar-refractivity contribution in [1.29, 1.82) is 0 Å². The Labute approximate surface area is 196 Å². The summed E-state index contributed by atoms with van der Waals surface area (Å²) in [6.07, 6.45) is -0.876. The van der Waals surface area contributed by atoms with Gasteiger partial charge in [0.1, 0.15) is 18.5 Å². The number of nitrogens with zero attached hydrogens (tertiary/aromatic N) is 2. The summed E-state index contributed by atoms with van der Waals surface area (Å²) < 4.78 is 0. The van der Waals surface area contributed by atoms with E-state index in [-0.39, 0.29) is 25.4 Å². The number of aldehydes is 1. The minimum absolute atomic E-state index is 0.138. The molecule has 2 fully saturated rings. The van der Waals surface area contributed by atoms with Crippen LogP contribution in [-0.4, -0.2) is 62.4 Å². The van der Waals surface area contributed by atoms with E-state index in [0.717, 1.165) is 11.1 Å². The summed E-state index contributed by atoms with van der Waals surface area (Å²) in [5, 5.41) is 50.7. The van der Waals surface area contributed by atoms with Crippen molar-refractivity contribution in [2.75, 3.05) is 6.61 Å². The Bertz CT molecular complexity index is 973. The van der Waals surface area contributed by atoms with Crippen molar-refractivity contribution in [3.63, 3.8) is 0 Å². The van der Waals surface area contributed by atoms with Gasteiger partial charge in [0.15, 0.2) is 0 Å². The Kier molecular flexibility index (Phi) is 8.43. The zero-order valence-corrected chi connectivity index (χ0v) is 18.4. The first-order valence-corrected chi connectivity index (χ1v) is 11.1. The number of nitro groups is 2. The van der Waals surface area contributed by atoms with Crippen molar-refractivity contribution in [2.45, 2.75) is 49.0 Å². The maximum Gasteiger partial charge on any atom is 0.246 e. The normalized spacial score (nSPS) is 32.4. The molecule has 10 nitrogen and oxygen atoms in total. The molecule has 0 bridgehead atoms. The smallest absolute Gasteiger partial charge is 0.246 e. The summed E-state index contributed by atoms with van der Waals surface area (Å²) in [7, 11) is 0. The van der Waals surface area contributed by atoms with Crippen LogP contribution in [0.5, 0.6) is 0 Å². The molecule has 2 aromatic rings. The lowest BCUT2D eigenvalue weighted by molar-refractivity contribution is -0.534. The number of hydrogen-bond acceptors (Lipinski definition) is 8. The van der Waals surface area contributed by atoms with Gasteiger partial charge in [-0.25, -0.2) is 0 Å². The van der Waals surface area contributed by atoms with Gasteiger partial charge < -0.3 is 20.1 Å². The van der Waals surface area contributed by atoms with Gasteiger partial charge in [0.2, 0.25) is 12.1 Å². The van der Waals surface area contributed by atoms with Crippen LogP contribution in [0.15, 0.2) is 60.7 Å². The summed E-state index contributed by atoms with van der Waals surface area (Å²) in [5.74, 6) is -1.67. The van der Waals surface area contributed by atoms with Crippen LogP contribution in [-0.2, 0) is 4.79 Å². The van der Waals surface area contributed by atoms with Gasteiger partial charge in [-0.05, 0) is 29.9 Å². The van der Waals surface area contributed by atoms with Crippen LogP contribution in [0.1, 0.15) is 35.8 Å². The van der Waals surface area contributed by atoms with Crippen LogP contribution in [0.2, 0.25) is 0 Å². The zero-order chi connectivity index (χ0) is 24.8. The topological polar surface area (TPSA) is 164 Å². The second-order valence-corrected chi connectivity index (χ2v) is 8.77. The monoisotopic (exact) mass is 472 g/mol. The molecule has 10 heteroatoms. The van der Waals surface area contributed by atoms with E-state index in [1.807, 2.05) is 36.4 Å². The van der Waals surface area contributed by atoms with Crippen LogP contribution in [0.3, 0.4) is 0 Å². The standard InChI is InChI=1S/C12H15NO4.C12H13NO4/c2*14-7-9-6-10(15)12(13(16)17)11(9)8-4-2-1-3-5-8/h1-5,9-12,14-15H,6-7H2;1-5,7,9-12,15H,6H2/t2*9-,10?,11+,12?/m00/s1. The van der Waals surface area contributed by atoms with Crippen molar-refractivity contribution in [3.8, 4) is 0 Å². The van der Waals surface area contributed by atoms with Crippen LogP contribution in [0.4, 0.5) is 0 Å². The third kappa shape index (κ3) is 5.30. The maximum absolute atomic E-state index is 11.0. The van der Waals surface area contributed by atoms with Crippen molar-refractivity contribution >= 4 is 6.29 Å². The van der Waals surface area contributed by atoms with Gasteiger partial charge in [-0.3, -0.25) is 20.2 Å². The SMILES string of the molecule is O=C[C@@H]1CC(O)C([N+](=O)[O-])[C@@H]1c1ccccc1.O=[N+]([O-])C1C(O)C[C@@H](CO)[C@H]1c1ccccc1. The molecule has 0 spiro atoms. The van der Waals surface area contributed by atoms with E-state index < -0.39 is 51.9 Å². The van der Waals surface area contributed by atoms with E-state index in [1.54, 1.807) is 24.3 Å². The summed E-state index contributed by atoms with van der Waals surface area (Å²) >= 11 is 0. The minimum atomic E-state index is -1.09. The molecule has 2 saturated carbocycles. The highest BCUT2D eigenvalue weighted by Crippen LogP contribution is 2.41. The zero-order valence-electron chi connectivity index (χ0n) is 18.4. The predicted molar refractivity (Wildman–Crippen MR) is 121 cm³/mol. The van der Waals surface area contributed by atoms with Gasteiger partial charge >= 0.3 is 0 Å².